The summed E-state index contributed by atoms with van der Waals surface area (Å²) >= 11 is 12.4. The summed E-state index contributed by atoms with van der Waals surface area (Å²) in [7, 11) is 2.07. The molecular weight excluding hydrogens is 614 g/mol. The fraction of sp³-hybridized carbons (Fsp3) is 0.412. The molecule has 44 heavy (non-hydrogen) atoms. The number of Topliss-reactive ketones (excluding diaryl/α,β-unsaturated/α-hetero) is 1. The first kappa shape index (κ1) is 35.4. The number of benzene rings is 3. The van der Waals surface area contributed by atoms with E-state index in [4.69, 9.17) is 33.0 Å². The topological polar surface area (TPSA) is 66.8 Å². The molecule has 0 heterocycles. The van der Waals surface area contributed by atoms with Gasteiger partial charge in [0, 0.05) is 28.9 Å². The number of carbonyl (C=O) groups is 2. The van der Waals surface area contributed by atoms with E-state index < -0.39 is 24.0 Å². The number of carbonyl (C=O) groups excluding carboxylic acids is 1. The summed E-state index contributed by atoms with van der Waals surface area (Å²) in [6.45, 7) is 3.65. The minimum Gasteiger partial charge on any atom is -0.482 e. The number of ketones is 1. The summed E-state index contributed by atoms with van der Waals surface area (Å²) in [4.78, 5) is 24.9. The lowest BCUT2D eigenvalue weighted by molar-refractivity contribution is -0.178. The number of hydrogen-bond donors (Lipinski definition) is 1. The summed E-state index contributed by atoms with van der Waals surface area (Å²) in [5, 5.41) is 10.1. The summed E-state index contributed by atoms with van der Waals surface area (Å²) in [5.74, 6) is -2.60. The Morgan fingerprint density at radius 3 is 2.18 bits per heavy atom. The highest BCUT2D eigenvalue weighted by Gasteiger charge is 2.44. The molecule has 5 nitrogen and oxygen atoms in total. The van der Waals surface area contributed by atoms with E-state index in [0.717, 1.165) is 42.6 Å². The van der Waals surface area contributed by atoms with Crippen molar-refractivity contribution >= 4 is 35.0 Å². The Morgan fingerprint density at radius 2 is 1.57 bits per heavy atom. The van der Waals surface area contributed by atoms with Crippen molar-refractivity contribution in [1.82, 2.24) is 4.90 Å². The van der Waals surface area contributed by atoms with Crippen LogP contribution in [0.4, 0.5) is 13.2 Å². The Balaban J connectivity index is 1.56. The van der Waals surface area contributed by atoms with Crippen molar-refractivity contribution in [1.29, 1.82) is 0 Å². The number of nitrogens with zero attached hydrogens (tertiary/aromatic N) is 1. The number of alkyl halides is 3. The first-order chi connectivity index (χ1) is 20.8. The molecule has 0 radical (unpaired) electrons. The predicted octanol–water partition coefficient (Wildman–Crippen LogP) is 8.91. The van der Waals surface area contributed by atoms with Crippen molar-refractivity contribution in [2.24, 2.45) is 0 Å². The van der Waals surface area contributed by atoms with Crippen molar-refractivity contribution in [3.05, 3.63) is 99.0 Å². The Hall–Kier alpha value is -3.07. The predicted molar refractivity (Wildman–Crippen MR) is 168 cm³/mol. The molecular formula is C34H38Cl2F3NO4. The molecule has 238 valence electrons. The molecule has 0 saturated carbocycles. The van der Waals surface area contributed by atoms with E-state index in [1.54, 1.807) is 24.3 Å². The van der Waals surface area contributed by atoms with E-state index >= 15 is 0 Å². The molecule has 0 aliphatic heterocycles. The third-order valence-corrected chi connectivity index (χ3v) is 8.00. The van der Waals surface area contributed by atoms with Gasteiger partial charge >= 0.3 is 12.1 Å². The largest absolute Gasteiger partial charge is 0.482 e. The lowest BCUT2D eigenvalue weighted by atomic mass is 9.88. The van der Waals surface area contributed by atoms with E-state index in [2.05, 4.69) is 24.9 Å². The van der Waals surface area contributed by atoms with Crippen LogP contribution in [0.15, 0.2) is 66.7 Å². The van der Waals surface area contributed by atoms with Gasteiger partial charge < -0.3 is 14.7 Å². The average Bonchev–Trinajstić information content (AvgIpc) is 2.96. The van der Waals surface area contributed by atoms with Gasteiger partial charge in [0.1, 0.15) is 5.75 Å². The monoisotopic (exact) mass is 651 g/mol. The number of aliphatic carboxylic acids is 1. The van der Waals surface area contributed by atoms with E-state index in [9.17, 15) is 22.8 Å². The zero-order valence-corrected chi connectivity index (χ0v) is 26.4. The van der Waals surface area contributed by atoms with Crippen molar-refractivity contribution in [3.63, 3.8) is 0 Å². The first-order valence-electron chi connectivity index (χ1n) is 14.6. The van der Waals surface area contributed by atoms with Gasteiger partial charge in [-0.2, -0.15) is 13.2 Å². The van der Waals surface area contributed by atoms with Crippen LogP contribution in [0, 0.1) is 6.92 Å². The van der Waals surface area contributed by atoms with E-state index in [1.165, 1.54) is 5.56 Å². The number of carboxylic acid groups (broad SMARTS) is 1. The van der Waals surface area contributed by atoms with Crippen LogP contribution in [0.1, 0.15) is 66.7 Å². The normalized spacial score (nSPS) is 13.1. The molecule has 0 amide bonds. The standard InChI is InChI=1S/C34H38Cl2F3NO4/c1-23-21-27(36)16-19-29(23)30(25-12-14-26(35)15-13-25)22-40(2)20-6-7-24-10-17-28(18-11-24)44-31(33(43)34(37,38)39)8-4-3-5-9-32(41)42/h10-19,21,30-31H,3-9,20,22H2,1-2H3,(H,41,42). The van der Waals surface area contributed by atoms with Gasteiger partial charge in [-0.1, -0.05) is 60.0 Å². The smallest absolute Gasteiger partial charge is 0.453 e. The highest BCUT2D eigenvalue weighted by molar-refractivity contribution is 6.30. The highest BCUT2D eigenvalue weighted by Crippen LogP contribution is 2.31. The third kappa shape index (κ3) is 11.5. The Bertz CT molecular complexity index is 1360. The highest BCUT2D eigenvalue weighted by atomic mass is 35.5. The fourth-order valence-electron chi connectivity index (χ4n) is 5.17. The van der Waals surface area contributed by atoms with Gasteiger partial charge in [0.05, 0.1) is 0 Å². The van der Waals surface area contributed by atoms with Crippen LogP contribution >= 0.6 is 23.2 Å². The fourth-order valence-corrected chi connectivity index (χ4v) is 5.52. The van der Waals surface area contributed by atoms with Crippen LogP contribution in [0.2, 0.25) is 10.0 Å². The van der Waals surface area contributed by atoms with Crippen molar-refractivity contribution < 1.29 is 32.6 Å². The number of halogens is 5. The molecule has 0 spiro atoms. The van der Waals surface area contributed by atoms with E-state index in [0.29, 0.717) is 22.9 Å². The van der Waals surface area contributed by atoms with Gasteiger partial charge in [0.15, 0.2) is 6.10 Å². The third-order valence-electron chi connectivity index (χ3n) is 7.51. The molecule has 3 rings (SSSR count). The molecule has 3 aromatic rings. The molecule has 10 heteroatoms. The molecule has 0 bridgehead atoms. The maximum Gasteiger partial charge on any atom is 0.453 e. The molecule has 2 atom stereocenters. The molecule has 3 aromatic carbocycles. The number of carboxylic acids is 1. The summed E-state index contributed by atoms with van der Waals surface area (Å²) in [6.07, 6.45) is -4.31. The quantitative estimate of drug-likeness (QED) is 0.148. The van der Waals surface area contributed by atoms with Gasteiger partial charge in [-0.25, -0.2) is 0 Å². The molecule has 0 aliphatic carbocycles. The van der Waals surface area contributed by atoms with E-state index in [1.807, 2.05) is 36.4 Å². The number of aryl methyl sites for hydroxylation is 2. The zero-order valence-electron chi connectivity index (χ0n) is 24.9. The van der Waals surface area contributed by atoms with Gasteiger partial charge in [-0.3, -0.25) is 9.59 Å². The second-order valence-electron chi connectivity index (χ2n) is 11.1. The number of ether oxygens (including phenoxy) is 1. The lowest BCUT2D eigenvalue weighted by Crippen LogP contribution is -2.38. The Labute approximate surface area is 266 Å². The van der Waals surface area contributed by atoms with E-state index in [-0.39, 0.29) is 30.9 Å². The summed E-state index contributed by atoms with van der Waals surface area (Å²) in [5.41, 5.74) is 4.47. The molecule has 1 N–H and O–H groups in total. The molecule has 2 unspecified atom stereocenters. The number of likely N-dealkylation sites (N-methyl/N-ethyl adjacent to an activating group) is 1. The van der Waals surface area contributed by atoms with Gasteiger partial charge in [0.2, 0.25) is 0 Å². The van der Waals surface area contributed by atoms with Crippen LogP contribution in [0.3, 0.4) is 0 Å². The summed E-state index contributed by atoms with van der Waals surface area (Å²) < 4.78 is 44.9. The molecule has 0 aromatic heterocycles. The average molecular weight is 653 g/mol. The lowest BCUT2D eigenvalue weighted by Gasteiger charge is -2.26. The van der Waals surface area contributed by atoms with Gasteiger partial charge in [-0.15, -0.1) is 0 Å². The first-order valence-corrected chi connectivity index (χ1v) is 15.4. The second-order valence-corrected chi connectivity index (χ2v) is 11.9. The minimum atomic E-state index is -5.02. The zero-order chi connectivity index (χ0) is 32.3. The molecule has 0 saturated heterocycles. The van der Waals surface area contributed by atoms with Gasteiger partial charge in [-0.05, 0) is 111 Å². The van der Waals surface area contributed by atoms with Crippen LogP contribution in [0.25, 0.3) is 0 Å². The van der Waals surface area contributed by atoms with Crippen molar-refractivity contribution in [2.75, 3.05) is 20.1 Å². The Morgan fingerprint density at radius 1 is 0.909 bits per heavy atom. The Kier molecular flexibility index (Phi) is 13.6. The minimum absolute atomic E-state index is 0.0685. The number of unbranched alkanes of at least 4 members (excludes halogenated alkanes) is 2. The van der Waals surface area contributed by atoms with Crippen LogP contribution < -0.4 is 4.74 Å². The summed E-state index contributed by atoms with van der Waals surface area (Å²) in [6, 6.07) is 20.6. The number of rotatable bonds is 17. The number of hydrogen-bond acceptors (Lipinski definition) is 4. The second kappa shape index (κ2) is 16.8. The SMILES string of the molecule is Cc1cc(Cl)ccc1C(CN(C)CCCc1ccc(OC(CCCCCC(=O)O)C(=O)C(F)(F)F)cc1)c1ccc(Cl)cc1. The van der Waals surface area contributed by atoms with Crippen molar-refractivity contribution in [2.45, 2.75) is 70.1 Å². The maximum atomic E-state index is 13.2. The van der Waals surface area contributed by atoms with Crippen LogP contribution in [-0.4, -0.2) is 54.2 Å². The van der Waals surface area contributed by atoms with Crippen LogP contribution in [0.5, 0.6) is 5.75 Å². The maximum absolute atomic E-state index is 13.2. The van der Waals surface area contributed by atoms with Crippen molar-refractivity contribution in [3.8, 4) is 5.75 Å². The molecule has 0 fully saturated rings. The van der Waals surface area contributed by atoms with Gasteiger partial charge in [0.25, 0.3) is 5.78 Å². The molecule has 0 aliphatic rings. The van der Waals surface area contributed by atoms with Crippen LogP contribution in [-0.2, 0) is 16.0 Å².